The first-order valence-corrected chi connectivity index (χ1v) is 5.60. The number of ether oxygens (including phenoxy) is 2. The van der Waals surface area contributed by atoms with E-state index in [1.165, 1.54) is 0 Å². The van der Waals surface area contributed by atoms with Crippen molar-refractivity contribution in [2.24, 2.45) is 5.92 Å². The van der Waals surface area contributed by atoms with Gasteiger partial charge in [-0.15, -0.1) is 0 Å². The minimum Gasteiger partial charge on any atom is -0.375 e. The molecule has 0 atom stereocenters. The highest BCUT2D eigenvalue weighted by Crippen LogP contribution is 2.22. The molecule has 0 saturated carbocycles. The van der Waals surface area contributed by atoms with Gasteiger partial charge in [0.2, 0.25) is 0 Å². The summed E-state index contributed by atoms with van der Waals surface area (Å²) in [6.45, 7) is 12.8. The lowest BCUT2D eigenvalue weighted by Crippen LogP contribution is -2.34. The van der Waals surface area contributed by atoms with E-state index < -0.39 is 0 Å². The van der Waals surface area contributed by atoms with Gasteiger partial charge in [-0.05, 0) is 40.0 Å². The number of aliphatic hydroxyl groups excluding tert-OH is 1. The molecule has 0 saturated heterocycles. The fourth-order valence-corrected chi connectivity index (χ4v) is 0.973. The molecule has 0 aliphatic rings. The highest BCUT2D eigenvalue weighted by molar-refractivity contribution is 4.74. The van der Waals surface area contributed by atoms with Crippen LogP contribution in [0.2, 0.25) is 0 Å². The van der Waals surface area contributed by atoms with Gasteiger partial charge in [-0.2, -0.15) is 0 Å². The standard InChI is InChI=1S/C12H26O3/c1-10(2)12(5,6)14-8-7-11(3,4)15-9-13/h10,13H,7-9H2,1-6H3. The largest absolute Gasteiger partial charge is 0.375 e. The Morgan fingerprint density at radius 2 is 1.60 bits per heavy atom. The lowest BCUT2D eigenvalue weighted by atomic mass is 9.94. The van der Waals surface area contributed by atoms with Crippen LogP contribution in [0.25, 0.3) is 0 Å². The van der Waals surface area contributed by atoms with Crippen LogP contribution in [0.1, 0.15) is 48.0 Å². The molecule has 0 aliphatic carbocycles. The molecule has 0 spiro atoms. The number of aliphatic hydroxyl groups is 1. The molecule has 1 N–H and O–H groups in total. The molecule has 0 rings (SSSR count). The van der Waals surface area contributed by atoms with Crippen LogP contribution < -0.4 is 0 Å². The second-order valence-electron chi connectivity index (χ2n) is 5.39. The summed E-state index contributed by atoms with van der Waals surface area (Å²) < 4.78 is 11.0. The Bertz CT molecular complexity index is 174. The Kier molecular flexibility index (Phi) is 5.78. The molecule has 0 aromatic carbocycles. The fourth-order valence-electron chi connectivity index (χ4n) is 0.973. The van der Waals surface area contributed by atoms with Crippen molar-refractivity contribution in [1.29, 1.82) is 0 Å². The van der Waals surface area contributed by atoms with Crippen molar-refractivity contribution < 1.29 is 14.6 Å². The van der Waals surface area contributed by atoms with Crippen molar-refractivity contribution in [3.8, 4) is 0 Å². The van der Waals surface area contributed by atoms with E-state index in [0.717, 1.165) is 6.42 Å². The molecular weight excluding hydrogens is 192 g/mol. The zero-order valence-corrected chi connectivity index (χ0v) is 11.0. The quantitative estimate of drug-likeness (QED) is 0.667. The minimum atomic E-state index is -0.318. The predicted octanol–water partition coefficient (Wildman–Crippen LogP) is 2.57. The molecule has 0 amide bonds. The van der Waals surface area contributed by atoms with Crippen molar-refractivity contribution in [2.45, 2.75) is 59.2 Å². The van der Waals surface area contributed by atoms with Crippen molar-refractivity contribution in [2.75, 3.05) is 13.4 Å². The van der Waals surface area contributed by atoms with Gasteiger partial charge < -0.3 is 14.6 Å². The van der Waals surface area contributed by atoms with Crippen LogP contribution in [0.5, 0.6) is 0 Å². The van der Waals surface area contributed by atoms with Gasteiger partial charge in [-0.1, -0.05) is 13.8 Å². The van der Waals surface area contributed by atoms with Gasteiger partial charge in [0, 0.05) is 0 Å². The van der Waals surface area contributed by atoms with Crippen LogP contribution in [0.4, 0.5) is 0 Å². The van der Waals surface area contributed by atoms with Crippen LogP contribution in [0.15, 0.2) is 0 Å². The average molecular weight is 218 g/mol. The molecule has 3 heteroatoms. The van der Waals surface area contributed by atoms with Gasteiger partial charge in [0.05, 0.1) is 17.8 Å². The van der Waals surface area contributed by atoms with E-state index in [-0.39, 0.29) is 18.0 Å². The van der Waals surface area contributed by atoms with Gasteiger partial charge in [0.1, 0.15) is 6.79 Å². The van der Waals surface area contributed by atoms with E-state index in [0.29, 0.717) is 12.5 Å². The molecule has 0 radical (unpaired) electrons. The fraction of sp³-hybridized carbons (Fsp3) is 1.00. The molecule has 0 fully saturated rings. The Balaban J connectivity index is 3.88. The first kappa shape index (κ1) is 14.9. The van der Waals surface area contributed by atoms with Gasteiger partial charge in [-0.25, -0.2) is 0 Å². The minimum absolute atomic E-state index is 0.102. The van der Waals surface area contributed by atoms with Crippen molar-refractivity contribution in [3.63, 3.8) is 0 Å². The zero-order valence-electron chi connectivity index (χ0n) is 11.0. The Labute approximate surface area is 93.8 Å². The third kappa shape index (κ3) is 6.13. The zero-order chi connectivity index (χ0) is 12.1. The van der Waals surface area contributed by atoms with Gasteiger partial charge in [0.25, 0.3) is 0 Å². The Morgan fingerprint density at radius 1 is 1.07 bits per heavy atom. The summed E-state index contributed by atoms with van der Waals surface area (Å²) in [4.78, 5) is 0. The van der Waals surface area contributed by atoms with E-state index in [9.17, 15) is 0 Å². The van der Waals surface area contributed by atoms with Gasteiger partial charge in [0.15, 0.2) is 0 Å². The summed E-state index contributed by atoms with van der Waals surface area (Å²) in [5, 5.41) is 8.69. The third-order valence-corrected chi connectivity index (χ3v) is 3.02. The Morgan fingerprint density at radius 3 is 2.00 bits per heavy atom. The third-order valence-electron chi connectivity index (χ3n) is 3.02. The molecule has 0 heterocycles. The van der Waals surface area contributed by atoms with E-state index in [1.54, 1.807) is 0 Å². The van der Waals surface area contributed by atoms with Gasteiger partial charge in [-0.3, -0.25) is 0 Å². The van der Waals surface area contributed by atoms with Crippen LogP contribution in [0.3, 0.4) is 0 Å². The molecule has 92 valence electrons. The van der Waals surface area contributed by atoms with Crippen LogP contribution in [0, 0.1) is 5.92 Å². The normalized spacial score (nSPS) is 13.6. The van der Waals surface area contributed by atoms with Crippen molar-refractivity contribution in [3.05, 3.63) is 0 Å². The van der Waals surface area contributed by atoms with E-state index in [4.69, 9.17) is 14.6 Å². The summed E-state index contributed by atoms with van der Waals surface area (Å²) in [7, 11) is 0. The maximum atomic E-state index is 8.69. The predicted molar refractivity (Wildman–Crippen MR) is 61.7 cm³/mol. The lowest BCUT2D eigenvalue weighted by molar-refractivity contribution is -0.123. The van der Waals surface area contributed by atoms with Gasteiger partial charge >= 0.3 is 0 Å². The maximum absolute atomic E-state index is 8.69. The molecule has 15 heavy (non-hydrogen) atoms. The van der Waals surface area contributed by atoms with Crippen LogP contribution in [-0.4, -0.2) is 29.7 Å². The first-order valence-electron chi connectivity index (χ1n) is 5.60. The molecule has 0 unspecified atom stereocenters. The highest BCUT2D eigenvalue weighted by Gasteiger charge is 2.25. The van der Waals surface area contributed by atoms with Crippen molar-refractivity contribution >= 4 is 0 Å². The number of hydrogen-bond acceptors (Lipinski definition) is 3. The monoisotopic (exact) mass is 218 g/mol. The van der Waals surface area contributed by atoms with E-state index >= 15 is 0 Å². The van der Waals surface area contributed by atoms with E-state index in [1.807, 2.05) is 13.8 Å². The number of rotatable bonds is 7. The summed E-state index contributed by atoms with van der Waals surface area (Å²) in [6, 6.07) is 0. The average Bonchev–Trinajstić information content (AvgIpc) is 2.02. The molecule has 0 aliphatic heterocycles. The summed E-state index contributed by atoms with van der Waals surface area (Å²) in [5.74, 6) is 0.486. The second kappa shape index (κ2) is 5.83. The summed E-state index contributed by atoms with van der Waals surface area (Å²) in [6.07, 6.45) is 0.781. The molecule has 3 nitrogen and oxygen atoms in total. The smallest absolute Gasteiger partial charge is 0.144 e. The topological polar surface area (TPSA) is 38.7 Å². The molecule has 0 aromatic rings. The molecule has 0 bridgehead atoms. The number of hydrogen-bond donors (Lipinski definition) is 1. The SMILES string of the molecule is CC(C)C(C)(C)OCCC(C)(C)OCO. The lowest BCUT2D eigenvalue weighted by Gasteiger charge is -2.32. The summed E-state index contributed by atoms with van der Waals surface area (Å²) >= 11 is 0. The van der Waals surface area contributed by atoms with Crippen molar-refractivity contribution in [1.82, 2.24) is 0 Å². The second-order valence-corrected chi connectivity index (χ2v) is 5.39. The maximum Gasteiger partial charge on any atom is 0.144 e. The molecule has 0 aromatic heterocycles. The first-order chi connectivity index (χ1) is 6.71. The van der Waals surface area contributed by atoms with Crippen LogP contribution >= 0.6 is 0 Å². The molecular formula is C12H26O3. The van der Waals surface area contributed by atoms with E-state index in [2.05, 4.69) is 27.7 Å². The highest BCUT2D eigenvalue weighted by atomic mass is 16.6. The van der Waals surface area contributed by atoms with Crippen LogP contribution in [-0.2, 0) is 9.47 Å². The summed E-state index contributed by atoms with van der Waals surface area (Å²) in [5.41, 5.74) is -0.420. The Hall–Kier alpha value is -0.120.